The SMILES string of the molecule is COc1ccc(-c2coc3cc(OC4OC(COC(C)=O)C(O)C(O)C4O)ccc3c2=O)cc1. The van der Waals surface area contributed by atoms with E-state index in [1.165, 1.54) is 31.4 Å². The van der Waals surface area contributed by atoms with Crippen molar-refractivity contribution < 1.29 is 43.5 Å². The quantitative estimate of drug-likeness (QED) is 0.448. The predicted octanol–water partition coefficient (Wildman–Crippen LogP) is 1.22. The summed E-state index contributed by atoms with van der Waals surface area (Å²) in [6.45, 7) is 0.859. The highest BCUT2D eigenvalue weighted by Crippen LogP contribution is 2.28. The average molecular weight is 472 g/mol. The van der Waals surface area contributed by atoms with Gasteiger partial charge >= 0.3 is 5.97 Å². The standard InChI is InChI=1S/C24H24O10/c1-12(25)31-11-19-21(27)22(28)23(29)24(34-19)33-15-7-8-16-18(9-15)32-10-17(20(16)26)13-3-5-14(30-2)6-4-13/h3-10,19,21-24,27-29H,11H2,1-2H3. The monoisotopic (exact) mass is 472 g/mol. The van der Waals surface area contributed by atoms with Crippen LogP contribution in [0, 0.1) is 0 Å². The van der Waals surface area contributed by atoms with Crippen LogP contribution >= 0.6 is 0 Å². The molecule has 0 spiro atoms. The Morgan fingerprint density at radius 3 is 2.38 bits per heavy atom. The first-order chi connectivity index (χ1) is 16.3. The van der Waals surface area contributed by atoms with E-state index in [1.807, 2.05) is 0 Å². The molecule has 0 saturated carbocycles. The first-order valence-electron chi connectivity index (χ1n) is 10.5. The molecule has 0 amide bonds. The highest BCUT2D eigenvalue weighted by Gasteiger charge is 2.45. The number of ether oxygens (including phenoxy) is 4. The third kappa shape index (κ3) is 4.75. The number of benzene rings is 2. The summed E-state index contributed by atoms with van der Waals surface area (Å²) >= 11 is 0. The van der Waals surface area contributed by atoms with E-state index in [0.717, 1.165) is 0 Å². The Hall–Kier alpha value is -3.44. The minimum absolute atomic E-state index is 0.187. The van der Waals surface area contributed by atoms with E-state index in [4.69, 9.17) is 23.4 Å². The van der Waals surface area contributed by atoms with Crippen molar-refractivity contribution >= 4 is 16.9 Å². The molecule has 1 fully saturated rings. The molecule has 5 atom stereocenters. The van der Waals surface area contributed by atoms with Crippen LogP contribution in [0.15, 0.2) is 57.9 Å². The van der Waals surface area contributed by atoms with Crippen LogP contribution in [0.2, 0.25) is 0 Å². The van der Waals surface area contributed by atoms with Crippen molar-refractivity contribution in [1.29, 1.82) is 0 Å². The molecule has 2 aromatic carbocycles. The van der Waals surface area contributed by atoms with Crippen LogP contribution in [0.1, 0.15) is 6.92 Å². The predicted molar refractivity (Wildman–Crippen MR) is 118 cm³/mol. The van der Waals surface area contributed by atoms with Gasteiger partial charge in [0.05, 0.1) is 18.1 Å². The van der Waals surface area contributed by atoms with Crippen LogP contribution in [0.25, 0.3) is 22.1 Å². The summed E-state index contributed by atoms with van der Waals surface area (Å²) in [7, 11) is 1.55. The van der Waals surface area contributed by atoms with Crippen molar-refractivity contribution in [2.75, 3.05) is 13.7 Å². The van der Waals surface area contributed by atoms with Gasteiger partial charge in [-0.2, -0.15) is 0 Å². The maximum atomic E-state index is 13.0. The number of aliphatic hydroxyl groups excluding tert-OH is 3. The van der Waals surface area contributed by atoms with Crippen molar-refractivity contribution in [2.24, 2.45) is 0 Å². The van der Waals surface area contributed by atoms with Gasteiger partial charge in [0.2, 0.25) is 6.29 Å². The lowest BCUT2D eigenvalue weighted by Crippen LogP contribution is -2.60. The van der Waals surface area contributed by atoms with Crippen LogP contribution in [0.5, 0.6) is 11.5 Å². The molecule has 1 aliphatic heterocycles. The van der Waals surface area contributed by atoms with E-state index in [2.05, 4.69) is 0 Å². The first kappa shape index (κ1) is 23.7. The Labute approximate surface area is 193 Å². The Kier molecular flexibility index (Phi) is 6.85. The summed E-state index contributed by atoms with van der Waals surface area (Å²) in [5, 5.41) is 30.8. The molecule has 1 aliphatic rings. The van der Waals surface area contributed by atoms with Crippen LogP contribution in [-0.2, 0) is 14.3 Å². The Balaban J connectivity index is 1.56. The molecule has 0 bridgehead atoms. The average Bonchev–Trinajstić information content (AvgIpc) is 2.84. The molecule has 3 aromatic rings. The Morgan fingerprint density at radius 1 is 1.00 bits per heavy atom. The van der Waals surface area contributed by atoms with Crippen LogP contribution in [0.3, 0.4) is 0 Å². The van der Waals surface area contributed by atoms with Gasteiger partial charge in [-0.25, -0.2) is 0 Å². The van der Waals surface area contributed by atoms with E-state index in [1.54, 1.807) is 31.4 Å². The number of rotatable bonds is 6. The highest BCUT2D eigenvalue weighted by atomic mass is 16.7. The lowest BCUT2D eigenvalue weighted by molar-refractivity contribution is -0.278. The summed E-state index contributed by atoms with van der Waals surface area (Å²) in [6, 6.07) is 11.4. The number of aliphatic hydroxyl groups is 3. The lowest BCUT2D eigenvalue weighted by atomic mass is 9.99. The summed E-state index contributed by atoms with van der Waals surface area (Å²) in [5.41, 5.74) is 1.04. The van der Waals surface area contributed by atoms with E-state index in [9.17, 15) is 24.9 Å². The molecule has 34 heavy (non-hydrogen) atoms. The van der Waals surface area contributed by atoms with Gasteiger partial charge in [0, 0.05) is 13.0 Å². The molecule has 3 N–H and O–H groups in total. The minimum atomic E-state index is -1.59. The number of esters is 1. The number of hydrogen-bond acceptors (Lipinski definition) is 10. The van der Waals surface area contributed by atoms with Gasteiger partial charge in [-0.05, 0) is 29.8 Å². The molecule has 5 unspecified atom stereocenters. The Morgan fingerprint density at radius 2 is 1.71 bits per heavy atom. The second-order valence-corrected chi connectivity index (χ2v) is 7.80. The molecule has 1 saturated heterocycles. The summed E-state index contributed by atoms with van der Waals surface area (Å²) in [4.78, 5) is 24.0. The first-order valence-corrected chi connectivity index (χ1v) is 10.5. The van der Waals surface area contributed by atoms with E-state index >= 15 is 0 Å². The second kappa shape index (κ2) is 9.82. The molecule has 10 heteroatoms. The molecule has 10 nitrogen and oxygen atoms in total. The fourth-order valence-electron chi connectivity index (χ4n) is 3.64. The van der Waals surface area contributed by atoms with Gasteiger partial charge in [-0.15, -0.1) is 0 Å². The Bertz CT molecular complexity index is 1220. The lowest BCUT2D eigenvalue weighted by Gasteiger charge is -2.39. The number of fused-ring (bicyclic) bond motifs is 1. The van der Waals surface area contributed by atoms with Crippen molar-refractivity contribution in [3.8, 4) is 22.6 Å². The van der Waals surface area contributed by atoms with Crippen LogP contribution in [0.4, 0.5) is 0 Å². The van der Waals surface area contributed by atoms with E-state index in [-0.39, 0.29) is 23.4 Å². The zero-order chi connectivity index (χ0) is 24.4. The molecule has 2 heterocycles. The number of carbonyl (C=O) groups excluding carboxylic acids is 1. The van der Waals surface area contributed by atoms with Gasteiger partial charge in [-0.1, -0.05) is 12.1 Å². The zero-order valence-electron chi connectivity index (χ0n) is 18.4. The van der Waals surface area contributed by atoms with Gasteiger partial charge in [0.1, 0.15) is 54.4 Å². The summed E-state index contributed by atoms with van der Waals surface area (Å²) in [5.74, 6) is 0.259. The maximum Gasteiger partial charge on any atom is 0.302 e. The summed E-state index contributed by atoms with van der Waals surface area (Å²) in [6.07, 6.45) is -5.80. The van der Waals surface area contributed by atoms with Crippen molar-refractivity contribution in [3.05, 3.63) is 59.0 Å². The third-order valence-electron chi connectivity index (χ3n) is 5.52. The van der Waals surface area contributed by atoms with Crippen molar-refractivity contribution in [3.63, 3.8) is 0 Å². The minimum Gasteiger partial charge on any atom is -0.497 e. The van der Waals surface area contributed by atoms with Gasteiger partial charge in [0.15, 0.2) is 5.43 Å². The molecule has 4 rings (SSSR count). The zero-order valence-corrected chi connectivity index (χ0v) is 18.4. The summed E-state index contributed by atoms with van der Waals surface area (Å²) < 4.78 is 26.8. The molecular weight excluding hydrogens is 448 g/mol. The van der Waals surface area contributed by atoms with Crippen LogP contribution < -0.4 is 14.9 Å². The molecule has 180 valence electrons. The molecule has 0 radical (unpaired) electrons. The van der Waals surface area contributed by atoms with Gasteiger partial charge in [-0.3, -0.25) is 9.59 Å². The molecular formula is C24H24O10. The number of hydrogen-bond donors (Lipinski definition) is 3. The highest BCUT2D eigenvalue weighted by molar-refractivity contribution is 5.82. The van der Waals surface area contributed by atoms with Crippen molar-refractivity contribution in [2.45, 2.75) is 37.6 Å². The number of methoxy groups -OCH3 is 1. The molecule has 0 aliphatic carbocycles. The second-order valence-electron chi connectivity index (χ2n) is 7.80. The largest absolute Gasteiger partial charge is 0.497 e. The van der Waals surface area contributed by atoms with E-state index < -0.39 is 36.7 Å². The van der Waals surface area contributed by atoms with E-state index in [0.29, 0.717) is 22.3 Å². The topological polar surface area (TPSA) is 145 Å². The van der Waals surface area contributed by atoms with Crippen LogP contribution in [-0.4, -0.2) is 65.7 Å². The number of carbonyl (C=O) groups is 1. The maximum absolute atomic E-state index is 13.0. The van der Waals surface area contributed by atoms with Gasteiger partial charge < -0.3 is 38.7 Å². The molecule has 1 aromatic heterocycles. The normalized spacial score (nSPS) is 24.6. The van der Waals surface area contributed by atoms with Crippen molar-refractivity contribution in [1.82, 2.24) is 0 Å². The third-order valence-corrected chi connectivity index (χ3v) is 5.52. The smallest absolute Gasteiger partial charge is 0.302 e. The fourth-order valence-corrected chi connectivity index (χ4v) is 3.64. The fraction of sp³-hybridized carbons (Fsp3) is 0.333. The van der Waals surface area contributed by atoms with Gasteiger partial charge in [0.25, 0.3) is 0 Å².